The Balaban J connectivity index is 1.89. The highest BCUT2D eigenvalue weighted by Gasteiger charge is 2.35. The van der Waals surface area contributed by atoms with Crippen LogP contribution in [-0.4, -0.2) is 36.6 Å². The molecule has 0 aliphatic carbocycles. The summed E-state index contributed by atoms with van der Waals surface area (Å²) in [7, 11) is 3.15. The Morgan fingerprint density at radius 1 is 1.16 bits per heavy atom. The van der Waals surface area contributed by atoms with Gasteiger partial charge in [0.1, 0.15) is 17.1 Å². The van der Waals surface area contributed by atoms with Gasteiger partial charge in [0.2, 0.25) is 5.95 Å². The minimum Gasteiger partial charge on any atom is -0.372 e. The number of anilines is 3. The lowest BCUT2D eigenvalue weighted by molar-refractivity contribution is -0.137. The van der Waals surface area contributed by atoms with Crippen molar-refractivity contribution in [3.8, 4) is 5.69 Å². The minimum atomic E-state index is -4.53. The molecule has 0 atom stereocenters. The Bertz CT molecular complexity index is 896. The third kappa shape index (κ3) is 3.39. The van der Waals surface area contributed by atoms with Crippen LogP contribution >= 0.6 is 0 Å². The van der Waals surface area contributed by atoms with Crippen molar-refractivity contribution in [2.24, 2.45) is 7.05 Å². The molecule has 0 unspecified atom stereocenters. The molecule has 3 aromatic heterocycles. The first-order chi connectivity index (χ1) is 11.8. The van der Waals surface area contributed by atoms with E-state index in [1.165, 1.54) is 7.05 Å². The van der Waals surface area contributed by atoms with Crippen LogP contribution in [0.5, 0.6) is 0 Å². The molecule has 3 aromatic rings. The van der Waals surface area contributed by atoms with Gasteiger partial charge in [0.25, 0.3) is 0 Å². The van der Waals surface area contributed by atoms with E-state index in [0.717, 1.165) is 11.9 Å². The Morgan fingerprint density at radius 2 is 1.92 bits per heavy atom. The van der Waals surface area contributed by atoms with E-state index in [4.69, 9.17) is 0 Å². The third-order valence-electron chi connectivity index (χ3n) is 3.43. The zero-order chi connectivity index (χ0) is 18.2. The topological polar surface area (TPSA) is 85.5 Å². The Hall–Kier alpha value is -3.11. The third-order valence-corrected chi connectivity index (χ3v) is 3.43. The van der Waals surface area contributed by atoms with Crippen molar-refractivity contribution in [2.45, 2.75) is 13.1 Å². The quantitative estimate of drug-likeness (QED) is 0.750. The highest BCUT2D eigenvalue weighted by Crippen LogP contribution is 2.33. The molecule has 0 bridgehead atoms. The molecule has 0 aliphatic heterocycles. The summed E-state index contributed by atoms with van der Waals surface area (Å²) >= 11 is 0. The number of alkyl halides is 3. The molecule has 0 aliphatic rings. The first-order valence-electron chi connectivity index (χ1n) is 7.22. The van der Waals surface area contributed by atoms with Gasteiger partial charge in [-0.25, -0.2) is 9.67 Å². The molecule has 3 heterocycles. The van der Waals surface area contributed by atoms with E-state index in [2.05, 4.69) is 30.8 Å². The van der Waals surface area contributed by atoms with Crippen molar-refractivity contribution in [3.63, 3.8) is 0 Å². The lowest BCUT2D eigenvalue weighted by atomic mass is 10.3. The molecule has 0 aromatic carbocycles. The van der Waals surface area contributed by atoms with E-state index in [1.54, 1.807) is 41.9 Å². The average molecular weight is 352 g/mol. The standard InChI is InChI=1S/C14H15F3N8/c1-8-11(7-25(23-8)9-4-20-24(3)6-9)21-13-19-5-10(14(15,16)17)12(18-2)22-13/h4-7H,1-3H3,(H2,18,19,21,22). The van der Waals surface area contributed by atoms with Crippen LogP contribution in [0, 0.1) is 6.92 Å². The fourth-order valence-corrected chi connectivity index (χ4v) is 2.20. The van der Waals surface area contributed by atoms with Crippen molar-refractivity contribution < 1.29 is 13.2 Å². The van der Waals surface area contributed by atoms with Crippen LogP contribution < -0.4 is 10.6 Å². The number of aryl methyl sites for hydroxylation is 2. The summed E-state index contributed by atoms with van der Waals surface area (Å²) in [5, 5.41) is 13.7. The molecule has 0 amide bonds. The smallest absolute Gasteiger partial charge is 0.372 e. The first-order valence-corrected chi connectivity index (χ1v) is 7.22. The molecule has 132 valence electrons. The summed E-state index contributed by atoms with van der Waals surface area (Å²) in [5.41, 5.74) is 1.04. The van der Waals surface area contributed by atoms with Crippen LogP contribution in [0.15, 0.2) is 24.8 Å². The SMILES string of the molecule is CNc1nc(Nc2cn(-c3cnn(C)c3)nc2C)ncc1C(F)(F)F. The number of hydrogen-bond donors (Lipinski definition) is 2. The molecule has 3 rings (SSSR count). The van der Waals surface area contributed by atoms with Crippen molar-refractivity contribution in [1.82, 2.24) is 29.5 Å². The maximum Gasteiger partial charge on any atom is 0.421 e. The van der Waals surface area contributed by atoms with Crippen LogP contribution in [0.25, 0.3) is 5.69 Å². The number of nitrogens with zero attached hydrogens (tertiary/aromatic N) is 6. The second kappa shape index (κ2) is 6.07. The Morgan fingerprint density at radius 3 is 2.52 bits per heavy atom. The molecule has 0 saturated heterocycles. The van der Waals surface area contributed by atoms with Crippen molar-refractivity contribution in [1.29, 1.82) is 0 Å². The predicted octanol–water partition coefficient (Wildman–Crippen LogP) is 2.51. The van der Waals surface area contributed by atoms with Gasteiger partial charge in [0.05, 0.1) is 30.0 Å². The summed E-state index contributed by atoms with van der Waals surface area (Å²) in [6.45, 7) is 1.76. The molecule has 25 heavy (non-hydrogen) atoms. The lowest BCUT2D eigenvalue weighted by Crippen LogP contribution is -2.12. The van der Waals surface area contributed by atoms with E-state index in [-0.39, 0.29) is 11.8 Å². The largest absolute Gasteiger partial charge is 0.421 e. The highest BCUT2D eigenvalue weighted by molar-refractivity contribution is 5.58. The monoisotopic (exact) mass is 352 g/mol. The van der Waals surface area contributed by atoms with Crippen molar-refractivity contribution in [3.05, 3.63) is 36.0 Å². The van der Waals surface area contributed by atoms with E-state index >= 15 is 0 Å². The zero-order valence-electron chi connectivity index (χ0n) is 13.6. The van der Waals surface area contributed by atoms with Gasteiger partial charge < -0.3 is 10.6 Å². The van der Waals surface area contributed by atoms with Gasteiger partial charge in [-0.05, 0) is 6.92 Å². The number of halogens is 3. The number of nitrogens with one attached hydrogen (secondary N) is 2. The van der Waals surface area contributed by atoms with Crippen molar-refractivity contribution in [2.75, 3.05) is 17.7 Å². The highest BCUT2D eigenvalue weighted by atomic mass is 19.4. The number of rotatable bonds is 4. The van der Waals surface area contributed by atoms with E-state index < -0.39 is 11.7 Å². The molecule has 0 radical (unpaired) electrons. The summed E-state index contributed by atoms with van der Waals surface area (Å²) in [4.78, 5) is 7.61. The fourth-order valence-electron chi connectivity index (χ4n) is 2.20. The first kappa shape index (κ1) is 16.7. The molecule has 8 nitrogen and oxygen atoms in total. The van der Waals surface area contributed by atoms with Crippen LogP contribution in [0.3, 0.4) is 0 Å². The van der Waals surface area contributed by atoms with Crippen LogP contribution in [0.1, 0.15) is 11.3 Å². The van der Waals surface area contributed by atoms with Gasteiger partial charge in [-0.15, -0.1) is 0 Å². The summed E-state index contributed by atoms with van der Waals surface area (Å²) < 4.78 is 41.9. The van der Waals surface area contributed by atoms with Gasteiger partial charge in [-0.2, -0.15) is 28.4 Å². The van der Waals surface area contributed by atoms with Gasteiger partial charge in [0, 0.05) is 20.3 Å². The molecule has 0 saturated carbocycles. The maximum atomic E-state index is 12.9. The minimum absolute atomic E-state index is 0.0335. The van der Waals surface area contributed by atoms with Crippen LogP contribution in [0.4, 0.5) is 30.6 Å². The van der Waals surface area contributed by atoms with Crippen LogP contribution in [-0.2, 0) is 13.2 Å². The van der Waals surface area contributed by atoms with E-state index in [0.29, 0.717) is 11.4 Å². The van der Waals surface area contributed by atoms with Crippen LogP contribution in [0.2, 0.25) is 0 Å². The molecular weight excluding hydrogens is 337 g/mol. The van der Waals surface area contributed by atoms with E-state index in [9.17, 15) is 13.2 Å². The predicted molar refractivity (Wildman–Crippen MR) is 84.9 cm³/mol. The normalized spacial score (nSPS) is 11.6. The molecule has 2 N–H and O–H groups in total. The second-order valence-electron chi connectivity index (χ2n) is 5.27. The summed E-state index contributed by atoms with van der Waals surface area (Å²) in [6, 6.07) is 0. The molecule has 0 fully saturated rings. The van der Waals surface area contributed by atoms with Gasteiger partial charge in [-0.1, -0.05) is 0 Å². The number of hydrogen-bond acceptors (Lipinski definition) is 6. The van der Waals surface area contributed by atoms with Gasteiger partial charge in [0.15, 0.2) is 0 Å². The lowest BCUT2D eigenvalue weighted by Gasteiger charge is -2.12. The Kier molecular flexibility index (Phi) is 4.07. The second-order valence-corrected chi connectivity index (χ2v) is 5.27. The molecule has 11 heteroatoms. The average Bonchev–Trinajstić information content (AvgIpc) is 3.12. The summed E-state index contributed by atoms with van der Waals surface area (Å²) in [5.74, 6) is -0.270. The molecular formula is C14H15F3N8. The molecule has 0 spiro atoms. The van der Waals surface area contributed by atoms with Gasteiger partial charge in [-0.3, -0.25) is 4.68 Å². The van der Waals surface area contributed by atoms with E-state index in [1.807, 2.05) is 0 Å². The van der Waals surface area contributed by atoms with Crippen molar-refractivity contribution >= 4 is 17.5 Å². The Labute approximate surface area is 140 Å². The van der Waals surface area contributed by atoms with Gasteiger partial charge >= 0.3 is 6.18 Å². The maximum absolute atomic E-state index is 12.9. The summed E-state index contributed by atoms with van der Waals surface area (Å²) in [6.07, 6.45) is 1.32. The zero-order valence-corrected chi connectivity index (χ0v) is 13.6. The number of aromatic nitrogens is 6. The fraction of sp³-hybridized carbons (Fsp3) is 0.286.